The molecule has 0 spiro atoms. The summed E-state index contributed by atoms with van der Waals surface area (Å²) in [5.74, 6) is -0.175. The summed E-state index contributed by atoms with van der Waals surface area (Å²) in [6.07, 6.45) is 4.65. The molecule has 6 nitrogen and oxygen atoms in total. The van der Waals surface area contributed by atoms with E-state index in [-0.39, 0.29) is 12.0 Å². The number of esters is 1. The summed E-state index contributed by atoms with van der Waals surface area (Å²) in [5.41, 5.74) is 5.12. The highest BCUT2D eigenvalue weighted by Gasteiger charge is 2.19. The molecule has 0 aliphatic carbocycles. The summed E-state index contributed by atoms with van der Waals surface area (Å²) in [4.78, 5) is 21.0. The van der Waals surface area contributed by atoms with E-state index in [9.17, 15) is 4.79 Å². The number of aryl methyl sites for hydroxylation is 1. The van der Waals surface area contributed by atoms with Gasteiger partial charge in [0.05, 0.1) is 47.4 Å². The Kier molecular flexibility index (Phi) is 4.62. The zero-order chi connectivity index (χ0) is 18.8. The first-order valence-electron chi connectivity index (χ1n) is 9.15. The smallest absolute Gasteiger partial charge is 0.305 e. The first-order valence-corrected chi connectivity index (χ1v) is 9.15. The Bertz CT molecular complexity index is 1100. The average molecular weight is 362 g/mol. The summed E-state index contributed by atoms with van der Waals surface area (Å²) >= 11 is 0. The number of fused-ring (bicyclic) bond motifs is 2. The van der Waals surface area contributed by atoms with E-state index in [4.69, 9.17) is 4.74 Å². The van der Waals surface area contributed by atoms with Gasteiger partial charge in [0.15, 0.2) is 0 Å². The monoisotopic (exact) mass is 362 g/mol. The van der Waals surface area contributed by atoms with E-state index in [1.807, 2.05) is 49.4 Å². The number of carbonyl (C=O) groups is 1. The lowest BCUT2D eigenvalue weighted by Gasteiger charge is -2.20. The van der Waals surface area contributed by atoms with Crippen molar-refractivity contribution in [2.24, 2.45) is 7.05 Å². The minimum absolute atomic E-state index is 0.0202. The maximum atomic E-state index is 12.0. The molecule has 1 atom stereocenters. The van der Waals surface area contributed by atoms with Gasteiger partial charge in [-0.05, 0) is 43.2 Å². The summed E-state index contributed by atoms with van der Waals surface area (Å²) in [6, 6.07) is 14.3. The molecule has 0 bridgehead atoms. The Morgan fingerprint density at radius 3 is 2.74 bits per heavy atom. The largest absolute Gasteiger partial charge is 0.466 e. The Morgan fingerprint density at radius 2 is 1.89 bits per heavy atom. The molecule has 0 N–H and O–H groups in total. The van der Waals surface area contributed by atoms with Crippen molar-refractivity contribution >= 4 is 28.0 Å². The van der Waals surface area contributed by atoms with E-state index in [0.29, 0.717) is 19.4 Å². The third-order valence-corrected chi connectivity index (χ3v) is 4.88. The fourth-order valence-electron chi connectivity index (χ4n) is 3.54. The van der Waals surface area contributed by atoms with Gasteiger partial charge in [0.2, 0.25) is 0 Å². The molecular weight excluding hydrogens is 340 g/mol. The molecule has 2 aromatic heterocycles. The summed E-state index contributed by atoms with van der Waals surface area (Å²) in [5, 5.41) is 0. The number of carbonyl (C=O) groups excluding carboxylic acids is 1. The van der Waals surface area contributed by atoms with Gasteiger partial charge in [0.25, 0.3) is 0 Å². The topological polar surface area (TPSA) is 61.9 Å². The number of imidazole rings is 2. The quantitative estimate of drug-likeness (QED) is 0.489. The number of hydrogen-bond acceptors (Lipinski definition) is 4. The highest BCUT2D eigenvalue weighted by atomic mass is 16.5. The van der Waals surface area contributed by atoms with Gasteiger partial charge in [0, 0.05) is 13.5 Å². The van der Waals surface area contributed by atoms with Crippen molar-refractivity contribution in [3.63, 3.8) is 0 Å². The Balaban J connectivity index is 1.75. The lowest BCUT2D eigenvalue weighted by atomic mass is 10.0. The van der Waals surface area contributed by atoms with Crippen molar-refractivity contribution in [2.75, 3.05) is 6.61 Å². The number of nitrogens with zero attached hydrogens (tertiary/aromatic N) is 4. The first kappa shape index (κ1) is 17.3. The zero-order valence-electron chi connectivity index (χ0n) is 15.5. The van der Waals surface area contributed by atoms with Crippen LogP contribution in [0.15, 0.2) is 55.1 Å². The maximum absolute atomic E-state index is 12.0. The van der Waals surface area contributed by atoms with Gasteiger partial charge in [-0.2, -0.15) is 0 Å². The van der Waals surface area contributed by atoms with Crippen LogP contribution >= 0.6 is 0 Å². The molecule has 1 unspecified atom stereocenters. The zero-order valence-corrected chi connectivity index (χ0v) is 15.5. The van der Waals surface area contributed by atoms with Crippen LogP contribution in [0.4, 0.5) is 0 Å². The highest BCUT2D eigenvalue weighted by Crippen LogP contribution is 2.29. The van der Waals surface area contributed by atoms with Crippen LogP contribution in [0.5, 0.6) is 0 Å². The van der Waals surface area contributed by atoms with Crippen molar-refractivity contribution in [3.8, 4) is 0 Å². The van der Waals surface area contributed by atoms with Crippen LogP contribution in [0.3, 0.4) is 0 Å². The highest BCUT2D eigenvalue weighted by molar-refractivity contribution is 5.77. The number of aromatic nitrogens is 4. The molecule has 2 aromatic carbocycles. The van der Waals surface area contributed by atoms with Crippen LogP contribution in [0, 0.1) is 0 Å². The standard InChI is InChI=1S/C21H22N4O2/c1-3-27-21(26)11-10-18(25-14-23-16-6-4-5-7-20(16)25)15-8-9-19-17(12-15)22-13-24(19)2/h4-9,12-14,18H,3,10-11H2,1-2H3. The van der Waals surface area contributed by atoms with E-state index in [1.54, 1.807) is 0 Å². The van der Waals surface area contributed by atoms with Gasteiger partial charge in [-0.1, -0.05) is 18.2 Å². The molecular formula is C21H22N4O2. The molecule has 0 saturated carbocycles. The van der Waals surface area contributed by atoms with Crippen LogP contribution in [0.2, 0.25) is 0 Å². The van der Waals surface area contributed by atoms with E-state index >= 15 is 0 Å². The van der Waals surface area contributed by atoms with Gasteiger partial charge in [-0.3, -0.25) is 4.79 Å². The third kappa shape index (κ3) is 3.30. The molecule has 0 aliphatic heterocycles. The summed E-state index contributed by atoms with van der Waals surface area (Å²) in [6.45, 7) is 2.23. The number of ether oxygens (including phenoxy) is 1. The molecule has 4 aromatic rings. The lowest BCUT2D eigenvalue weighted by Crippen LogP contribution is -2.13. The third-order valence-electron chi connectivity index (χ3n) is 4.88. The summed E-state index contributed by atoms with van der Waals surface area (Å²) < 4.78 is 9.26. The number of para-hydroxylation sites is 2. The Morgan fingerprint density at radius 1 is 1.07 bits per heavy atom. The molecule has 27 heavy (non-hydrogen) atoms. The fourth-order valence-corrected chi connectivity index (χ4v) is 3.54. The van der Waals surface area contributed by atoms with Crippen LogP contribution in [-0.4, -0.2) is 31.7 Å². The van der Waals surface area contributed by atoms with Gasteiger partial charge in [0.1, 0.15) is 0 Å². The Hall–Kier alpha value is -3.15. The lowest BCUT2D eigenvalue weighted by molar-refractivity contribution is -0.143. The van der Waals surface area contributed by atoms with Gasteiger partial charge in [-0.15, -0.1) is 0 Å². The molecule has 4 rings (SSSR count). The van der Waals surface area contributed by atoms with E-state index < -0.39 is 0 Å². The number of hydrogen-bond donors (Lipinski definition) is 0. The predicted molar refractivity (Wildman–Crippen MR) is 104 cm³/mol. The van der Waals surface area contributed by atoms with Crippen LogP contribution in [0.1, 0.15) is 31.4 Å². The molecule has 0 saturated heterocycles. The Labute approximate surface area is 157 Å². The van der Waals surface area contributed by atoms with Gasteiger partial charge in [-0.25, -0.2) is 9.97 Å². The second kappa shape index (κ2) is 7.23. The van der Waals surface area contributed by atoms with E-state index in [1.165, 1.54) is 0 Å². The van der Waals surface area contributed by atoms with Crippen LogP contribution in [-0.2, 0) is 16.6 Å². The van der Waals surface area contributed by atoms with Crippen molar-refractivity contribution in [3.05, 3.63) is 60.7 Å². The first-order chi connectivity index (χ1) is 13.2. The minimum Gasteiger partial charge on any atom is -0.466 e. The van der Waals surface area contributed by atoms with Crippen LogP contribution in [0.25, 0.3) is 22.1 Å². The van der Waals surface area contributed by atoms with E-state index in [0.717, 1.165) is 27.6 Å². The average Bonchev–Trinajstić information content (AvgIpc) is 3.26. The predicted octanol–water partition coefficient (Wildman–Crippen LogP) is 3.86. The second-order valence-electron chi connectivity index (χ2n) is 6.60. The normalized spacial score (nSPS) is 12.5. The molecule has 6 heteroatoms. The second-order valence-corrected chi connectivity index (χ2v) is 6.60. The SMILES string of the molecule is CCOC(=O)CCC(c1ccc2c(c1)ncn2C)n1cnc2ccccc21. The van der Waals surface area contributed by atoms with Crippen LogP contribution < -0.4 is 0 Å². The maximum Gasteiger partial charge on any atom is 0.305 e. The van der Waals surface area contributed by atoms with Gasteiger partial charge < -0.3 is 13.9 Å². The van der Waals surface area contributed by atoms with Gasteiger partial charge >= 0.3 is 5.97 Å². The molecule has 0 aliphatic rings. The molecule has 0 fully saturated rings. The van der Waals surface area contributed by atoms with Crippen molar-refractivity contribution in [1.29, 1.82) is 0 Å². The van der Waals surface area contributed by atoms with Crippen molar-refractivity contribution in [1.82, 2.24) is 19.1 Å². The molecule has 0 amide bonds. The van der Waals surface area contributed by atoms with E-state index in [2.05, 4.69) is 38.8 Å². The van der Waals surface area contributed by atoms with Crippen molar-refractivity contribution < 1.29 is 9.53 Å². The molecule has 0 radical (unpaired) electrons. The van der Waals surface area contributed by atoms with Crippen molar-refractivity contribution in [2.45, 2.75) is 25.8 Å². The number of benzene rings is 2. The molecule has 2 heterocycles. The fraction of sp³-hybridized carbons (Fsp3) is 0.286. The number of rotatable bonds is 6. The summed E-state index contributed by atoms with van der Waals surface area (Å²) in [7, 11) is 1.98. The minimum atomic E-state index is -0.175. The molecule has 138 valence electrons.